The van der Waals surface area contributed by atoms with Gasteiger partial charge in [0, 0.05) is 10.6 Å². The molecule has 1 aliphatic rings. The molecule has 19 heavy (non-hydrogen) atoms. The second-order valence-electron chi connectivity index (χ2n) is 4.50. The van der Waals surface area contributed by atoms with Crippen LogP contribution in [0.4, 0.5) is 0 Å². The van der Waals surface area contributed by atoms with Gasteiger partial charge >= 0.3 is 6.02 Å². The summed E-state index contributed by atoms with van der Waals surface area (Å²) in [7, 11) is 0. The summed E-state index contributed by atoms with van der Waals surface area (Å²) in [6, 6.07) is 6.26. The standard InChI is InChI=1S/C13H13ClN2O3/c1-7(2)10-12(18)16-13(19-10)15-11(17)8-3-5-9(14)6-4-8/h3-7,10H,1-2H3,(H,15,16,17,18)/t10-/m0/s1. The molecule has 1 heterocycles. The van der Waals surface area contributed by atoms with Crippen LogP contribution in [0, 0.1) is 5.92 Å². The van der Waals surface area contributed by atoms with Crippen molar-refractivity contribution in [3.63, 3.8) is 0 Å². The average Bonchev–Trinajstić information content (AvgIpc) is 2.71. The number of carbonyl (C=O) groups is 2. The van der Waals surface area contributed by atoms with Crippen LogP contribution in [0.1, 0.15) is 24.2 Å². The predicted molar refractivity (Wildman–Crippen MR) is 71.1 cm³/mol. The van der Waals surface area contributed by atoms with Crippen molar-refractivity contribution < 1.29 is 14.3 Å². The van der Waals surface area contributed by atoms with Gasteiger partial charge in [-0.05, 0) is 30.2 Å². The van der Waals surface area contributed by atoms with Gasteiger partial charge in [-0.25, -0.2) is 0 Å². The molecule has 2 rings (SSSR count). The van der Waals surface area contributed by atoms with Crippen LogP contribution in [0.15, 0.2) is 29.3 Å². The number of nitrogens with zero attached hydrogens (tertiary/aromatic N) is 1. The van der Waals surface area contributed by atoms with Gasteiger partial charge in [-0.1, -0.05) is 25.4 Å². The van der Waals surface area contributed by atoms with Crippen LogP contribution >= 0.6 is 11.6 Å². The maximum Gasteiger partial charge on any atom is 0.300 e. The second kappa shape index (κ2) is 5.40. The molecule has 5 nitrogen and oxygen atoms in total. The van der Waals surface area contributed by atoms with Crippen LogP contribution < -0.4 is 5.32 Å². The van der Waals surface area contributed by atoms with Crippen LogP contribution in [0.25, 0.3) is 0 Å². The summed E-state index contributed by atoms with van der Waals surface area (Å²) >= 11 is 5.73. The normalized spacial score (nSPS) is 20.5. The third kappa shape index (κ3) is 3.12. The molecule has 1 atom stereocenters. The minimum Gasteiger partial charge on any atom is -0.451 e. The maximum atomic E-state index is 11.8. The first-order valence-electron chi connectivity index (χ1n) is 5.83. The van der Waals surface area contributed by atoms with Crippen molar-refractivity contribution in [2.75, 3.05) is 0 Å². The zero-order valence-electron chi connectivity index (χ0n) is 10.5. The third-order valence-electron chi connectivity index (χ3n) is 2.63. The fourth-order valence-corrected chi connectivity index (χ4v) is 1.75. The molecule has 1 N–H and O–H groups in total. The molecule has 2 amide bonds. The Kier molecular flexibility index (Phi) is 3.85. The van der Waals surface area contributed by atoms with E-state index >= 15 is 0 Å². The highest BCUT2D eigenvalue weighted by atomic mass is 35.5. The molecule has 100 valence electrons. The number of amides is 2. The Morgan fingerprint density at radius 2 is 2.00 bits per heavy atom. The number of rotatable bonds is 2. The van der Waals surface area contributed by atoms with E-state index in [0.717, 1.165) is 0 Å². The van der Waals surface area contributed by atoms with Gasteiger partial charge in [-0.3, -0.25) is 14.9 Å². The summed E-state index contributed by atoms with van der Waals surface area (Å²) in [5.74, 6) is -0.757. The highest BCUT2D eigenvalue weighted by Gasteiger charge is 2.33. The Bertz CT molecular complexity index is 537. The fourth-order valence-electron chi connectivity index (χ4n) is 1.62. The molecule has 6 heteroatoms. The SMILES string of the molecule is CC(C)[C@@H]1OC(=NC(=O)c2ccc(Cl)cc2)NC1=O. The maximum absolute atomic E-state index is 11.8. The van der Waals surface area contributed by atoms with Crippen molar-refractivity contribution in [2.45, 2.75) is 20.0 Å². The van der Waals surface area contributed by atoms with E-state index in [2.05, 4.69) is 10.3 Å². The van der Waals surface area contributed by atoms with Gasteiger partial charge in [0.05, 0.1) is 0 Å². The smallest absolute Gasteiger partial charge is 0.300 e. The number of nitrogens with one attached hydrogen (secondary N) is 1. The minimum absolute atomic E-state index is 0.0123. The van der Waals surface area contributed by atoms with Gasteiger partial charge < -0.3 is 4.74 Å². The molecule has 1 saturated heterocycles. The largest absolute Gasteiger partial charge is 0.451 e. The number of halogens is 1. The lowest BCUT2D eigenvalue weighted by molar-refractivity contribution is -0.124. The molecule has 0 saturated carbocycles. The number of hydrogen-bond donors (Lipinski definition) is 1. The van der Waals surface area contributed by atoms with Gasteiger partial charge in [-0.2, -0.15) is 4.99 Å². The van der Waals surface area contributed by atoms with Crippen molar-refractivity contribution >= 4 is 29.4 Å². The van der Waals surface area contributed by atoms with Crippen molar-refractivity contribution in [3.8, 4) is 0 Å². The minimum atomic E-state index is -0.600. The summed E-state index contributed by atoms with van der Waals surface area (Å²) in [6.07, 6.45) is -0.600. The van der Waals surface area contributed by atoms with E-state index in [1.807, 2.05) is 13.8 Å². The molecule has 1 fully saturated rings. The Labute approximate surface area is 115 Å². The van der Waals surface area contributed by atoms with Gasteiger partial charge in [0.15, 0.2) is 6.10 Å². The van der Waals surface area contributed by atoms with Gasteiger partial charge in [0.2, 0.25) is 0 Å². The topological polar surface area (TPSA) is 67.8 Å². The molecule has 0 radical (unpaired) electrons. The van der Waals surface area contributed by atoms with Crippen LogP contribution in [0.3, 0.4) is 0 Å². The number of benzene rings is 1. The summed E-state index contributed by atoms with van der Waals surface area (Å²) in [5, 5.41) is 2.98. The first-order valence-corrected chi connectivity index (χ1v) is 6.21. The summed E-state index contributed by atoms with van der Waals surface area (Å²) in [5.41, 5.74) is 0.378. The molecular formula is C13H13ClN2O3. The number of ether oxygens (including phenoxy) is 1. The van der Waals surface area contributed by atoms with Crippen molar-refractivity contribution in [2.24, 2.45) is 10.9 Å². The quantitative estimate of drug-likeness (QED) is 0.901. The molecule has 1 aromatic rings. The first-order chi connectivity index (χ1) is 8.97. The summed E-state index contributed by atoms with van der Waals surface area (Å²) in [4.78, 5) is 27.1. The highest BCUT2D eigenvalue weighted by Crippen LogP contribution is 2.14. The molecular weight excluding hydrogens is 268 g/mol. The number of amidine groups is 1. The van der Waals surface area contributed by atoms with Gasteiger partial charge in [0.1, 0.15) is 0 Å². The van der Waals surface area contributed by atoms with E-state index in [9.17, 15) is 9.59 Å². The van der Waals surface area contributed by atoms with Gasteiger partial charge in [0.25, 0.3) is 11.8 Å². The monoisotopic (exact) mass is 280 g/mol. The van der Waals surface area contributed by atoms with Crippen LogP contribution in [-0.2, 0) is 9.53 Å². The summed E-state index contributed by atoms with van der Waals surface area (Å²) in [6.45, 7) is 3.71. The number of hydrogen-bond acceptors (Lipinski definition) is 3. The van der Waals surface area contributed by atoms with Crippen molar-refractivity contribution in [1.82, 2.24) is 5.32 Å². The van der Waals surface area contributed by atoms with Crippen molar-refractivity contribution in [1.29, 1.82) is 0 Å². The molecule has 0 bridgehead atoms. The van der Waals surface area contributed by atoms with E-state index in [1.54, 1.807) is 24.3 Å². The van der Waals surface area contributed by atoms with Crippen LogP contribution in [-0.4, -0.2) is 23.9 Å². The third-order valence-corrected chi connectivity index (χ3v) is 2.88. The van der Waals surface area contributed by atoms with Gasteiger partial charge in [-0.15, -0.1) is 0 Å². The van der Waals surface area contributed by atoms with E-state index in [4.69, 9.17) is 16.3 Å². The molecule has 1 aromatic carbocycles. The molecule has 0 unspecified atom stereocenters. The van der Waals surface area contributed by atoms with E-state index < -0.39 is 12.0 Å². The molecule has 1 aliphatic heterocycles. The van der Waals surface area contributed by atoms with Crippen LogP contribution in [0.5, 0.6) is 0 Å². The number of aliphatic imine (C=N–C) groups is 1. The lowest BCUT2D eigenvalue weighted by Crippen LogP contribution is -2.28. The molecule has 0 spiro atoms. The fraction of sp³-hybridized carbons (Fsp3) is 0.308. The van der Waals surface area contributed by atoms with Crippen LogP contribution in [0.2, 0.25) is 5.02 Å². The lowest BCUT2D eigenvalue weighted by atomic mass is 10.1. The summed E-state index contributed by atoms with van der Waals surface area (Å²) < 4.78 is 5.29. The first kappa shape index (κ1) is 13.5. The Morgan fingerprint density at radius 3 is 2.53 bits per heavy atom. The van der Waals surface area contributed by atoms with E-state index in [-0.39, 0.29) is 17.8 Å². The lowest BCUT2D eigenvalue weighted by Gasteiger charge is -2.09. The highest BCUT2D eigenvalue weighted by molar-refractivity contribution is 6.30. The zero-order valence-corrected chi connectivity index (χ0v) is 11.3. The Balaban J connectivity index is 2.12. The molecule has 0 aliphatic carbocycles. The van der Waals surface area contributed by atoms with E-state index in [1.165, 1.54) is 0 Å². The Morgan fingerprint density at radius 1 is 1.37 bits per heavy atom. The second-order valence-corrected chi connectivity index (χ2v) is 4.94. The van der Waals surface area contributed by atoms with E-state index in [0.29, 0.717) is 10.6 Å². The Hall–Kier alpha value is -1.88. The number of carbonyl (C=O) groups excluding carboxylic acids is 2. The molecule has 0 aromatic heterocycles. The predicted octanol–water partition coefficient (Wildman–Crippen LogP) is 2.01. The average molecular weight is 281 g/mol. The zero-order chi connectivity index (χ0) is 14.0. The van der Waals surface area contributed by atoms with Crippen molar-refractivity contribution in [3.05, 3.63) is 34.9 Å².